The fraction of sp³-hybridized carbons (Fsp3) is 0.167. The fourth-order valence-corrected chi connectivity index (χ4v) is 2.55. The lowest BCUT2D eigenvalue weighted by molar-refractivity contribution is 0.0472. The van der Waals surface area contributed by atoms with Crippen LogP contribution in [0.15, 0.2) is 54.7 Å². The molecule has 0 aliphatic carbocycles. The number of aromatic nitrogens is 1. The zero-order valence-electron chi connectivity index (χ0n) is 12.6. The molecule has 0 spiro atoms. The molecule has 0 bridgehead atoms. The summed E-state index contributed by atoms with van der Waals surface area (Å²) in [6.45, 7) is 0.187. The molecule has 0 aliphatic rings. The number of esters is 1. The Morgan fingerprint density at radius 3 is 2.64 bits per heavy atom. The van der Waals surface area contributed by atoms with E-state index in [9.17, 15) is 4.79 Å². The monoisotopic (exact) mass is 295 g/mol. The molecule has 112 valence electrons. The first kappa shape index (κ1) is 14.2. The van der Waals surface area contributed by atoms with E-state index in [0.29, 0.717) is 11.3 Å². The number of para-hydroxylation sites is 2. The van der Waals surface area contributed by atoms with Crippen molar-refractivity contribution >= 4 is 16.9 Å². The molecule has 3 rings (SSSR count). The third-order valence-electron chi connectivity index (χ3n) is 3.67. The van der Waals surface area contributed by atoms with Gasteiger partial charge in [0.25, 0.3) is 0 Å². The maximum Gasteiger partial charge on any atom is 0.340 e. The molecule has 2 aromatic carbocycles. The molecule has 0 unspecified atom stereocenters. The van der Waals surface area contributed by atoms with Gasteiger partial charge in [0.15, 0.2) is 0 Å². The Kier molecular flexibility index (Phi) is 3.83. The molecule has 1 heterocycles. The normalized spacial score (nSPS) is 10.6. The number of ether oxygens (including phenoxy) is 2. The number of carbonyl (C=O) groups is 1. The van der Waals surface area contributed by atoms with Crippen LogP contribution in [0, 0.1) is 0 Å². The zero-order chi connectivity index (χ0) is 15.5. The quantitative estimate of drug-likeness (QED) is 0.691. The van der Waals surface area contributed by atoms with Gasteiger partial charge in [0.1, 0.15) is 12.4 Å². The second-order valence-corrected chi connectivity index (χ2v) is 5.06. The van der Waals surface area contributed by atoms with Gasteiger partial charge < -0.3 is 14.0 Å². The fourth-order valence-electron chi connectivity index (χ4n) is 2.55. The summed E-state index contributed by atoms with van der Waals surface area (Å²) in [6, 6.07) is 15.3. The SMILES string of the molecule is COc1ccccc1COC(=O)c1cn(C)c2ccccc12. The van der Waals surface area contributed by atoms with E-state index < -0.39 is 0 Å². The lowest BCUT2D eigenvalue weighted by Crippen LogP contribution is -2.05. The number of aryl methyl sites for hydroxylation is 1. The highest BCUT2D eigenvalue weighted by molar-refractivity contribution is 6.04. The van der Waals surface area contributed by atoms with E-state index in [-0.39, 0.29) is 12.6 Å². The second kappa shape index (κ2) is 5.93. The summed E-state index contributed by atoms with van der Waals surface area (Å²) in [7, 11) is 3.52. The topological polar surface area (TPSA) is 40.5 Å². The minimum Gasteiger partial charge on any atom is -0.496 e. The van der Waals surface area contributed by atoms with Gasteiger partial charge in [-0.3, -0.25) is 0 Å². The molecule has 4 nitrogen and oxygen atoms in total. The minimum absolute atomic E-state index is 0.187. The Bertz CT molecular complexity index is 820. The maximum atomic E-state index is 12.4. The standard InChI is InChI=1S/C18H17NO3/c1-19-11-15(14-8-4-5-9-16(14)19)18(20)22-12-13-7-3-6-10-17(13)21-2/h3-11H,12H2,1-2H3. The molecule has 0 atom stereocenters. The molecule has 0 N–H and O–H groups in total. The number of fused-ring (bicyclic) bond motifs is 1. The Hall–Kier alpha value is -2.75. The Morgan fingerprint density at radius 1 is 1.09 bits per heavy atom. The highest BCUT2D eigenvalue weighted by Crippen LogP contribution is 2.23. The summed E-state index contributed by atoms with van der Waals surface area (Å²) in [5, 5.41) is 0.898. The summed E-state index contributed by atoms with van der Waals surface area (Å²) < 4.78 is 12.6. The summed E-state index contributed by atoms with van der Waals surface area (Å²) in [6.07, 6.45) is 1.80. The summed E-state index contributed by atoms with van der Waals surface area (Å²) >= 11 is 0. The molecular formula is C18H17NO3. The van der Waals surface area contributed by atoms with E-state index in [2.05, 4.69) is 0 Å². The van der Waals surface area contributed by atoms with Crippen LogP contribution in [-0.4, -0.2) is 17.6 Å². The third-order valence-corrected chi connectivity index (χ3v) is 3.67. The Labute approximate surface area is 128 Å². The van der Waals surface area contributed by atoms with Crippen LogP contribution in [0.3, 0.4) is 0 Å². The smallest absolute Gasteiger partial charge is 0.340 e. The first-order chi connectivity index (χ1) is 10.7. The first-order valence-corrected chi connectivity index (χ1v) is 7.04. The summed E-state index contributed by atoms with van der Waals surface area (Å²) in [4.78, 5) is 12.4. The number of benzene rings is 2. The van der Waals surface area contributed by atoms with Crippen LogP contribution in [0.2, 0.25) is 0 Å². The van der Waals surface area contributed by atoms with Gasteiger partial charge >= 0.3 is 5.97 Å². The van der Waals surface area contributed by atoms with Gasteiger partial charge in [-0.15, -0.1) is 0 Å². The van der Waals surface area contributed by atoms with E-state index in [1.807, 2.05) is 60.1 Å². The van der Waals surface area contributed by atoms with Crippen LogP contribution in [0.25, 0.3) is 10.9 Å². The van der Waals surface area contributed by atoms with Gasteiger partial charge in [-0.1, -0.05) is 36.4 Å². The van der Waals surface area contributed by atoms with Crippen molar-refractivity contribution in [3.63, 3.8) is 0 Å². The van der Waals surface area contributed by atoms with Gasteiger partial charge in [-0.05, 0) is 12.1 Å². The average Bonchev–Trinajstić information content (AvgIpc) is 2.90. The van der Waals surface area contributed by atoms with Crippen molar-refractivity contribution in [2.75, 3.05) is 7.11 Å². The largest absolute Gasteiger partial charge is 0.496 e. The van der Waals surface area contributed by atoms with Gasteiger partial charge in [0.05, 0.1) is 12.7 Å². The predicted octanol–water partition coefficient (Wildman–Crippen LogP) is 3.54. The van der Waals surface area contributed by atoms with Gasteiger partial charge in [0.2, 0.25) is 0 Å². The van der Waals surface area contributed by atoms with Crippen LogP contribution >= 0.6 is 0 Å². The zero-order valence-corrected chi connectivity index (χ0v) is 12.6. The molecule has 3 aromatic rings. The minimum atomic E-state index is -0.331. The molecule has 0 aliphatic heterocycles. The van der Waals surface area contributed by atoms with Crippen LogP contribution < -0.4 is 4.74 Å². The predicted molar refractivity (Wildman–Crippen MR) is 85.0 cm³/mol. The van der Waals surface area contributed by atoms with Crippen LogP contribution in [-0.2, 0) is 18.4 Å². The number of carbonyl (C=O) groups excluding carboxylic acids is 1. The summed E-state index contributed by atoms with van der Waals surface area (Å²) in [5.74, 6) is 0.385. The van der Waals surface area contributed by atoms with Crippen molar-refractivity contribution in [2.45, 2.75) is 6.61 Å². The lowest BCUT2D eigenvalue weighted by Gasteiger charge is -2.08. The number of hydrogen-bond acceptors (Lipinski definition) is 3. The highest BCUT2D eigenvalue weighted by atomic mass is 16.5. The maximum absolute atomic E-state index is 12.4. The Morgan fingerprint density at radius 2 is 1.82 bits per heavy atom. The molecule has 0 fully saturated rings. The first-order valence-electron chi connectivity index (χ1n) is 7.04. The van der Waals surface area contributed by atoms with E-state index in [1.165, 1.54) is 0 Å². The van der Waals surface area contributed by atoms with Crippen molar-refractivity contribution in [3.8, 4) is 5.75 Å². The van der Waals surface area contributed by atoms with Gasteiger partial charge in [0, 0.05) is 29.7 Å². The van der Waals surface area contributed by atoms with Gasteiger partial charge in [-0.25, -0.2) is 4.79 Å². The van der Waals surface area contributed by atoms with Crippen molar-refractivity contribution in [1.29, 1.82) is 0 Å². The molecule has 0 saturated carbocycles. The molecular weight excluding hydrogens is 278 g/mol. The molecule has 1 aromatic heterocycles. The highest BCUT2D eigenvalue weighted by Gasteiger charge is 2.15. The second-order valence-electron chi connectivity index (χ2n) is 5.06. The van der Waals surface area contributed by atoms with E-state index >= 15 is 0 Å². The third kappa shape index (κ3) is 2.55. The Balaban J connectivity index is 1.82. The van der Waals surface area contributed by atoms with Crippen molar-refractivity contribution in [2.24, 2.45) is 7.05 Å². The van der Waals surface area contributed by atoms with E-state index in [1.54, 1.807) is 13.3 Å². The number of hydrogen-bond donors (Lipinski definition) is 0. The van der Waals surface area contributed by atoms with Crippen molar-refractivity contribution in [1.82, 2.24) is 4.57 Å². The van der Waals surface area contributed by atoms with Crippen LogP contribution in [0.1, 0.15) is 15.9 Å². The number of rotatable bonds is 4. The molecule has 0 radical (unpaired) electrons. The van der Waals surface area contributed by atoms with Crippen LogP contribution in [0.4, 0.5) is 0 Å². The summed E-state index contributed by atoms with van der Waals surface area (Å²) in [5.41, 5.74) is 2.43. The van der Waals surface area contributed by atoms with Gasteiger partial charge in [-0.2, -0.15) is 0 Å². The van der Waals surface area contributed by atoms with Crippen molar-refractivity contribution in [3.05, 3.63) is 65.9 Å². The van der Waals surface area contributed by atoms with E-state index in [0.717, 1.165) is 16.5 Å². The molecule has 4 heteroatoms. The average molecular weight is 295 g/mol. The van der Waals surface area contributed by atoms with Crippen LogP contribution in [0.5, 0.6) is 5.75 Å². The van der Waals surface area contributed by atoms with E-state index in [4.69, 9.17) is 9.47 Å². The lowest BCUT2D eigenvalue weighted by atomic mass is 10.2. The van der Waals surface area contributed by atoms with Crippen molar-refractivity contribution < 1.29 is 14.3 Å². The molecule has 0 saturated heterocycles. The number of methoxy groups -OCH3 is 1. The molecule has 22 heavy (non-hydrogen) atoms. The molecule has 0 amide bonds. The number of nitrogens with zero attached hydrogens (tertiary/aromatic N) is 1.